The van der Waals surface area contributed by atoms with Gasteiger partial charge in [-0.05, 0) is 18.8 Å². The number of nitrogens with one attached hydrogen (secondary N) is 1. The highest BCUT2D eigenvalue weighted by Crippen LogP contribution is 2.31. The normalized spacial score (nSPS) is 19.6. The maximum Gasteiger partial charge on any atom is 0.215 e. The van der Waals surface area contributed by atoms with Crippen molar-refractivity contribution in [2.45, 2.75) is 37.9 Å². The minimum Gasteiger partial charge on any atom is -0.329 e. The molecule has 0 aromatic carbocycles. The molecule has 14 heavy (non-hydrogen) atoms. The van der Waals surface area contributed by atoms with Gasteiger partial charge in [-0.15, -0.1) is 0 Å². The van der Waals surface area contributed by atoms with Crippen LogP contribution in [0, 0.1) is 5.92 Å². The van der Waals surface area contributed by atoms with E-state index in [1.807, 2.05) is 6.92 Å². The Kier molecular flexibility index (Phi) is 4.34. The lowest BCUT2D eigenvalue weighted by Gasteiger charge is -2.14. The first-order chi connectivity index (χ1) is 6.60. The Morgan fingerprint density at radius 1 is 1.50 bits per heavy atom. The number of rotatable bonds is 7. The van der Waals surface area contributed by atoms with Gasteiger partial charge >= 0.3 is 0 Å². The van der Waals surface area contributed by atoms with Crippen molar-refractivity contribution in [1.82, 2.24) is 4.72 Å². The number of nitrogens with two attached hydrogens (primary N) is 1. The second-order valence-corrected chi connectivity index (χ2v) is 5.98. The van der Waals surface area contributed by atoms with Gasteiger partial charge in [0, 0.05) is 13.1 Å². The van der Waals surface area contributed by atoms with Gasteiger partial charge < -0.3 is 5.73 Å². The van der Waals surface area contributed by atoms with Gasteiger partial charge in [-0.25, -0.2) is 13.1 Å². The van der Waals surface area contributed by atoms with E-state index in [0.717, 1.165) is 12.3 Å². The van der Waals surface area contributed by atoms with Crippen LogP contribution >= 0.6 is 0 Å². The fraction of sp³-hybridized carbons (Fsp3) is 1.00. The van der Waals surface area contributed by atoms with E-state index in [2.05, 4.69) is 4.72 Å². The number of hydrogen-bond acceptors (Lipinski definition) is 3. The predicted molar refractivity (Wildman–Crippen MR) is 57.4 cm³/mol. The maximum atomic E-state index is 11.6. The van der Waals surface area contributed by atoms with E-state index in [0.29, 0.717) is 13.0 Å². The fourth-order valence-corrected chi connectivity index (χ4v) is 2.77. The Balaban J connectivity index is 2.30. The van der Waals surface area contributed by atoms with Gasteiger partial charge in [-0.3, -0.25) is 0 Å². The van der Waals surface area contributed by atoms with Gasteiger partial charge in [0.05, 0.1) is 5.25 Å². The average molecular weight is 220 g/mol. The third kappa shape index (κ3) is 3.55. The summed E-state index contributed by atoms with van der Waals surface area (Å²) in [5.74, 6) is 0.760. The Hall–Kier alpha value is -0.130. The maximum absolute atomic E-state index is 11.6. The molecule has 0 aliphatic heterocycles. The molecule has 1 rings (SSSR count). The zero-order chi connectivity index (χ0) is 10.6. The molecule has 1 fully saturated rings. The van der Waals surface area contributed by atoms with Crippen LogP contribution in [0.1, 0.15) is 32.6 Å². The van der Waals surface area contributed by atoms with Crippen molar-refractivity contribution in [2.24, 2.45) is 11.7 Å². The van der Waals surface area contributed by atoms with Gasteiger partial charge in [0.25, 0.3) is 0 Å². The van der Waals surface area contributed by atoms with Crippen molar-refractivity contribution in [3.63, 3.8) is 0 Å². The van der Waals surface area contributed by atoms with E-state index in [4.69, 9.17) is 5.73 Å². The Bertz CT molecular complexity index is 256. The van der Waals surface area contributed by atoms with Crippen molar-refractivity contribution >= 4 is 10.0 Å². The summed E-state index contributed by atoms with van der Waals surface area (Å²) in [6.07, 6.45) is 4.07. The molecule has 1 aliphatic rings. The van der Waals surface area contributed by atoms with E-state index in [9.17, 15) is 8.42 Å². The number of hydrogen-bond donors (Lipinski definition) is 2. The first kappa shape index (κ1) is 11.9. The van der Waals surface area contributed by atoms with Crippen LogP contribution in [0.2, 0.25) is 0 Å². The van der Waals surface area contributed by atoms with Crippen LogP contribution in [0.5, 0.6) is 0 Å². The lowest BCUT2D eigenvalue weighted by atomic mass is 10.3. The minimum absolute atomic E-state index is 0.204. The monoisotopic (exact) mass is 220 g/mol. The molecule has 3 N–H and O–H groups in total. The van der Waals surface area contributed by atoms with Crippen molar-refractivity contribution in [2.75, 3.05) is 13.1 Å². The second kappa shape index (κ2) is 5.09. The van der Waals surface area contributed by atoms with E-state index in [-0.39, 0.29) is 6.54 Å². The molecular formula is C9H20N2O2S. The summed E-state index contributed by atoms with van der Waals surface area (Å²) in [5.41, 5.74) is 5.39. The van der Waals surface area contributed by atoms with E-state index in [1.165, 1.54) is 12.8 Å². The summed E-state index contributed by atoms with van der Waals surface area (Å²) < 4.78 is 25.8. The first-order valence-electron chi connectivity index (χ1n) is 5.28. The molecule has 0 saturated heterocycles. The minimum atomic E-state index is -3.17. The second-order valence-electron chi connectivity index (χ2n) is 3.94. The van der Waals surface area contributed by atoms with Gasteiger partial charge in [0.2, 0.25) is 10.0 Å². The third-order valence-electron chi connectivity index (χ3n) is 2.71. The molecule has 5 heteroatoms. The Morgan fingerprint density at radius 2 is 2.14 bits per heavy atom. The first-order valence-corrected chi connectivity index (χ1v) is 6.83. The summed E-state index contributed by atoms with van der Waals surface area (Å²) >= 11 is 0. The summed E-state index contributed by atoms with van der Waals surface area (Å²) in [4.78, 5) is 0. The molecule has 1 aliphatic carbocycles. The van der Waals surface area contributed by atoms with Crippen LogP contribution in [0.25, 0.3) is 0 Å². The highest BCUT2D eigenvalue weighted by Gasteiger charge is 2.24. The standard InChI is InChI=1S/C9H20N2O2S/c1-2-9(7-10)14(12,13)11-6-5-8-3-4-8/h8-9,11H,2-7,10H2,1H3. The molecule has 1 saturated carbocycles. The van der Waals surface area contributed by atoms with Gasteiger partial charge in [-0.1, -0.05) is 19.8 Å². The molecule has 84 valence electrons. The molecule has 0 radical (unpaired) electrons. The SMILES string of the molecule is CCC(CN)S(=O)(=O)NCCC1CC1. The zero-order valence-corrected chi connectivity index (χ0v) is 9.52. The largest absolute Gasteiger partial charge is 0.329 e. The fourth-order valence-electron chi connectivity index (χ4n) is 1.44. The van der Waals surface area contributed by atoms with Crippen molar-refractivity contribution in [1.29, 1.82) is 0 Å². The molecule has 0 aromatic rings. The van der Waals surface area contributed by atoms with E-state index >= 15 is 0 Å². The van der Waals surface area contributed by atoms with Gasteiger partial charge in [0.15, 0.2) is 0 Å². The van der Waals surface area contributed by atoms with Crippen LogP contribution in [-0.4, -0.2) is 26.8 Å². The summed E-state index contributed by atoms with van der Waals surface area (Å²) in [7, 11) is -3.17. The van der Waals surface area contributed by atoms with Crippen LogP contribution in [0.3, 0.4) is 0 Å². The van der Waals surface area contributed by atoms with Gasteiger partial charge in [0.1, 0.15) is 0 Å². The van der Waals surface area contributed by atoms with Crippen molar-refractivity contribution in [3.8, 4) is 0 Å². The van der Waals surface area contributed by atoms with Crippen LogP contribution in [0.15, 0.2) is 0 Å². The molecule has 1 atom stereocenters. The number of sulfonamides is 1. The van der Waals surface area contributed by atoms with Crippen LogP contribution in [0.4, 0.5) is 0 Å². The molecule has 4 nitrogen and oxygen atoms in total. The van der Waals surface area contributed by atoms with Crippen LogP contribution in [-0.2, 0) is 10.0 Å². The van der Waals surface area contributed by atoms with Crippen LogP contribution < -0.4 is 10.5 Å². The van der Waals surface area contributed by atoms with E-state index < -0.39 is 15.3 Å². The molecule has 0 bridgehead atoms. The lowest BCUT2D eigenvalue weighted by molar-refractivity contribution is 0.556. The topological polar surface area (TPSA) is 72.2 Å². The van der Waals surface area contributed by atoms with Crippen molar-refractivity contribution in [3.05, 3.63) is 0 Å². The van der Waals surface area contributed by atoms with Crippen molar-refractivity contribution < 1.29 is 8.42 Å². The molecule has 0 amide bonds. The Labute approximate surface area is 86.3 Å². The summed E-state index contributed by atoms with van der Waals surface area (Å²) in [6.45, 7) is 2.62. The zero-order valence-electron chi connectivity index (χ0n) is 8.70. The molecule has 1 unspecified atom stereocenters. The quantitative estimate of drug-likeness (QED) is 0.654. The lowest BCUT2D eigenvalue weighted by Crippen LogP contribution is -2.39. The predicted octanol–water partition coefficient (Wildman–Crippen LogP) is 0.443. The summed E-state index contributed by atoms with van der Waals surface area (Å²) in [6, 6.07) is 0. The third-order valence-corrected chi connectivity index (χ3v) is 4.72. The Morgan fingerprint density at radius 3 is 2.57 bits per heavy atom. The molecule has 0 aromatic heterocycles. The molecule has 0 spiro atoms. The highest BCUT2D eigenvalue weighted by atomic mass is 32.2. The molecular weight excluding hydrogens is 200 g/mol. The van der Waals surface area contributed by atoms with Gasteiger partial charge in [-0.2, -0.15) is 0 Å². The highest BCUT2D eigenvalue weighted by molar-refractivity contribution is 7.90. The van der Waals surface area contributed by atoms with E-state index in [1.54, 1.807) is 0 Å². The molecule has 0 heterocycles. The summed E-state index contributed by atoms with van der Waals surface area (Å²) in [5, 5.41) is -0.429. The smallest absolute Gasteiger partial charge is 0.215 e. The average Bonchev–Trinajstić information content (AvgIpc) is 2.89.